The molecule has 0 aromatic carbocycles. The lowest BCUT2D eigenvalue weighted by Gasteiger charge is -2.13. The first-order valence-electron chi connectivity index (χ1n) is 8.86. The molecule has 0 saturated heterocycles. The number of rotatable bonds is 4. The number of carbonyl (C=O) groups excluding carboxylic acids is 2. The van der Waals surface area contributed by atoms with Crippen LogP contribution in [0.2, 0.25) is 0 Å². The number of hydrogen-bond donors (Lipinski definition) is 0. The summed E-state index contributed by atoms with van der Waals surface area (Å²) in [4.78, 5) is 41.5. The van der Waals surface area contributed by atoms with E-state index in [1.54, 1.807) is 40.1 Å². The van der Waals surface area contributed by atoms with E-state index in [9.17, 15) is 9.59 Å². The van der Waals surface area contributed by atoms with Crippen LogP contribution < -0.4 is 0 Å². The highest BCUT2D eigenvalue weighted by Crippen LogP contribution is 2.05. The maximum Gasteiger partial charge on any atom is 0.320 e. The van der Waals surface area contributed by atoms with Gasteiger partial charge in [-0.3, -0.25) is 29.6 Å². The SMILES string of the molecule is CCOC(=O)C1C=NCCN=CC(C(=O)OCC)C(C)=NCCN=C1C. The molecule has 0 bridgehead atoms. The van der Waals surface area contributed by atoms with E-state index in [1.165, 1.54) is 0 Å². The summed E-state index contributed by atoms with van der Waals surface area (Å²) in [5.41, 5.74) is 1.25. The standard InChI is InChI=1S/C18H28N4O4/c1-5-25-17(23)15-11-19-7-8-20-12-16(18(24)26-6-2)14(4)22-10-9-21-13(15)3/h11-12,15-16H,5-10H2,1-4H3. The molecule has 1 aliphatic rings. The van der Waals surface area contributed by atoms with E-state index in [-0.39, 0.29) is 11.9 Å². The van der Waals surface area contributed by atoms with Gasteiger partial charge in [-0.2, -0.15) is 0 Å². The van der Waals surface area contributed by atoms with E-state index in [0.29, 0.717) is 50.8 Å². The molecule has 1 rings (SSSR count). The summed E-state index contributed by atoms with van der Waals surface area (Å²) >= 11 is 0. The second kappa shape index (κ2) is 12.1. The summed E-state index contributed by atoms with van der Waals surface area (Å²) in [5.74, 6) is -1.93. The van der Waals surface area contributed by atoms with Crippen molar-refractivity contribution < 1.29 is 19.1 Å². The molecular weight excluding hydrogens is 336 g/mol. The number of aliphatic imine (C=N–C) groups is 4. The van der Waals surface area contributed by atoms with Crippen molar-refractivity contribution in [2.45, 2.75) is 27.7 Å². The molecule has 0 aliphatic carbocycles. The molecule has 0 radical (unpaired) electrons. The summed E-state index contributed by atoms with van der Waals surface area (Å²) in [6, 6.07) is 0. The van der Waals surface area contributed by atoms with Gasteiger partial charge in [0.25, 0.3) is 0 Å². The van der Waals surface area contributed by atoms with Gasteiger partial charge in [0.2, 0.25) is 0 Å². The Balaban J connectivity index is 2.97. The zero-order chi connectivity index (χ0) is 19.4. The fourth-order valence-electron chi connectivity index (χ4n) is 2.27. The topological polar surface area (TPSA) is 102 Å². The third kappa shape index (κ3) is 7.25. The highest BCUT2D eigenvalue weighted by molar-refractivity contribution is 6.14. The van der Waals surface area contributed by atoms with Crippen LogP contribution in [0.4, 0.5) is 0 Å². The van der Waals surface area contributed by atoms with Crippen LogP contribution in [0, 0.1) is 11.8 Å². The van der Waals surface area contributed by atoms with Gasteiger partial charge in [0.1, 0.15) is 11.8 Å². The number of hydrogen-bond acceptors (Lipinski definition) is 8. The molecule has 1 heterocycles. The molecule has 0 amide bonds. The van der Waals surface area contributed by atoms with Crippen LogP contribution in [0.1, 0.15) is 27.7 Å². The van der Waals surface area contributed by atoms with Gasteiger partial charge >= 0.3 is 11.9 Å². The molecular formula is C18H28N4O4. The largest absolute Gasteiger partial charge is 0.465 e. The Morgan fingerprint density at radius 3 is 1.58 bits per heavy atom. The minimum atomic E-state index is -0.598. The zero-order valence-electron chi connectivity index (χ0n) is 16.0. The minimum absolute atomic E-state index is 0.305. The van der Waals surface area contributed by atoms with Crippen LogP contribution in [0.5, 0.6) is 0 Å². The van der Waals surface area contributed by atoms with Crippen molar-refractivity contribution in [1.82, 2.24) is 0 Å². The van der Waals surface area contributed by atoms with Crippen molar-refractivity contribution >= 4 is 35.8 Å². The van der Waals surface area contributed by atoms with E-state index in [4.69, 9.17) is 9.47 Å². The summed E-state index contributed by atoms with van der Waals surface area (Å²) in [6.07, 6.45) is 3.10. The van der Waals surface area contributed by atoms with Crippen LogP contribution in [-0.4, -0.2) is 75.2 Å². The van der Waals surface area contributed by atoms with E-state index in [2.05, 4.69) is 20.0 Å². The minimum Gasteiger partial charge on any atom is -0.465 e. The quantitative estimate of drug-likeness (QED) is 0.704. The van der Waals surface area contributed by atoms with Gasteiger partial charge in [-0.25, -0.2) is 0 Å². The predicted octanol–water partition coefficient (Wildman–Crippen LogP) is 1.42. The fourth-order valence-corrected chi connectivity index (χ4v) is 2.27. The Hall–Kier alpha value is -2.38. The Labute approximate surface area is 154 Å². The second-order valence-electron chi connectivity index (χ2n) is 5.62. The monoisotopic (exact) mass is 364 g/mol. The van der Waals surface area contributed by atoms with Gasteiger partial charge < -0.3 is 9.47 Å². The summed E-state index contributed by atoms with van der Waals surface area (Å²) in [6.45, 7) is 9.27. The molecule has 144 valence electrons. The lowest BCUT2D eigenvalue weighted by Crippen LogP contribution is -2.27. The Bertz CT molecular complexity index is 544. The molecule has 0 fully saturated rings. The molecule has 26 heavy (non-hydrogen) atoms. The molecule has 0 saturated carbocycles. The Morgan fingerprint density at radius 1 is 0.846 bits per heavy atom. The highest BCUT2D eigenvalue weighted by Gasteiger charge is 2.22. The summed E-state index contributed by atoms with van der Waals surface area (Å²) in [5, 5.41) is 0. The first-order chi connectivity index (χ1) is 12.5. The van der Waals surface area contributed by atoms with Crippen molar-refractivity contribution in [3.8, 4) is 0 Å². The smallest absolute Gasteiger partial charge is 0.320 e. The summed E-state index contributed by atoms with van der Waals surface area (Å²) < 4.78 is 10.2. The molecule has 0 N–H and O–H groups in total. The lowest BCUT2D eigenvalue weighted by atomic mass is 10.1. The molecule has 2 unspecified atom stereocenters. The molecule has 0 aromatic heterocycles. The van der Waals surface area contributed by atoms with Gasteiger partial charge in [-0.1, -0.05) is 0 Å². The Morgan fingerprint density at radius 2 is 1.23 bits per heavy atom. The molecule has 0 spiro atoms. The van der Waals surface area contributed by atoms with Crippen molar-refractivity contribution in [3.63, 3.8) is 0 Å². The van der Waals surface area contributed by atoms with E-state index in [0.717, 1.165) is 0 Å². The van der Waals surface area contributed by atoms with Gasteiger partial charge in [0, 0.05) is 23.9 Å². The lowest BCUT2D eigenvalue weighted by molar-refractivity contribution is -0.144. The molecule has 0 aromatic rings. The van der Waals surface area contributed by atoms with Gasteiger partial charge in [0.15, 0.2) is 0 Å². The van der Waals surface area contributed by atoms with Crippen LogP contribution in [0.15, 0.2) is 20.0 Å². The zero-order valence-corrected chi connectivity index (χ0v) is 16.0. The number of esters is 2. The van der Waals surface area contributed by atoms with Gasteiger partial charge in [-0.15, -0.1) is 0 Å². The van der Waals surface area contributed by atoms with E-state index >= 15 is 0 Å². The average Bonchev–Trinajstić information content (AvgIpc) is 2.60. The Kier molecular flexibility index (Phi) is 10.0. The summed E-state index contributed by atoms with van der Waals surface area (Å²) in [7, 11) is 0. The van der Waals surface area contributed by atoms with Gasteiger partial charge in [0.05, 0.1) is 39.4 Å². The normalized spacial score (nSPS) is 22.0. The molecule has 2 atom stereocenters. The number of carbonyl (C=O) groups is 2. The van der Waals surface area contributed by atoms with Crippen LogP contribution in [0.3, 0.4) is 0 Å². The predicted molar refractivity (Wildman–Crippen MR) is 103 cm³/mol. The van der Waals surface area contributed by atoms with Crippen LogP contribution >= 0.6 is 0 Å². The first-order valence-corrected chi connectivity index (χ1v) is 8.86. The number of nitrogens with zero attached hydrogens (tertiary/aromatic N) is 4. The maximum absolute atomic E-state index is 12.1. The first kappa shape index (κ1) is 21.7. The van der Waals surface area contributed by atoms with Crippen molar-refractivity contribution in [2.75, 3.05) is 39.4 Å². The average molecular weight is 364 g/mol. The number of ether oxygens (including phenoxy) is 2. The maximum atomic E-state index is 12.1. The molecule has 8 nitrogen and oxygen atoms in total. The molecule has 1 aliphatic heterocycles. The molecule has 8 heteroatoms. The fraction of sp³-hybridized carbons (Fsp3) is 0.667. The van der Waals surface area contributed by atoms with E-state index < -0.39 is 11.8 Å². The van der Waals surface area contributed by atoms with Crippen molar-refractivity contribution in [1.29, 1.82) is 0 Å². The van der Waals surface area contributed by atoms with E-state index in [1.807, 2.05) is 0 Å². The second-order valence-corrected chi connectivity index (χ2v) is 5.62. The van der Waals surface area contributed by atoms with Crippen molar-refractivity contribution in [3.05, 3.63) is 0 Å². The van der Waals surface area contributed by atoms with Crippen LogP contribution in [-0.2, 0) is 19.1 Å². The van der Waals surface area contributed by atoms with Crippen molar-refractivity contribution in [2.24, 2.45) is 31.8 Å². The van der Waals surface area contributed by atoms with Crippen LogP contribution in [0.25, 0.3) is 0 Å². The van der Waals surface area contributed by atoms with Gasteiger partial charge in [-0.05, 0) is 27.7 Å². The highest BCUT2D eigenvalue weighted by atomic mass is 16.5. The third-order valence-corrected chi connectivity index (χ3v) is 3.67. The third-order valence-electron chi connectivity index (χ3n) is 3.67.